The number of nitriles is 1. The molecule has 0 saturated carbocycles. The summed E-state index contributed by atoms with van der Waals surface area (Å²) in [6.45, 7) is 4.62. The lowest BCUT2D eigenvalue weighted by atomic mass is 10.1. The number of nitrogens with one attached hydrogen (secondary N) is 2. The van der Waals surface area contributed by atoms with Crippen LogP contribution < -0.4 is 15.5 Å². The average Bonchev–Trinajstić information content (AvgIpc) is 3.33. The molecule has 0 amide bonds. The molecular weight excluding hydrogens is 440 g/mol. The summed E-state index contributed by atoms with van der Waals surface area (Å²) in [6.07, 6.45) is 2.92. The number of aryl methyl sites for hydroxylation is 1. The van der Waals surface area contributed by atoms with Crippen molar-refractivity contribution in [1.82, 2.24) is 15.3 Å². The van der Waals surface area contributed by atoms with Crippen molar-refractivity contribution in [2.24, 2.45) is 0 Å². The molecule has 4 rings (SSSR count). The summed E-state index contributed by atoms with van der Waals surface area (Å²) in [5.74, 6) is 0.631. The molecule has 0 aliphatic carbocycles. The van der Waals surface area contributed by atoms with Crippen LogP contribution in [0.15, 0.2) is 54.6 Å². The van der Waals surface area contributed by atoms with Crippen molar-refractivity contribution in [2.45, 2.75) is 45.2 Å². The maximum absolute atomic E-state index is 10.9. The molecule has 1 saturated heterocycles. The third-order valence-electron chi connectivity index (χ3n) is 6.01. The number of rotatable bonds is 10. The monoisotopic (exact) mass is 470 g/mol. The third-order valence-corrected chi connectivity index (χ3v) is 6.01. The summed E-state index contributed by atoms with van der Waals surface area (Å²) < 4.78 is 0. The van der Waals surface area contributed by atoms with Gasteiger partial charge >= 0.3 is 5.97 Å². The molecule has 1 aromatic heterocycles. The van der Waals surface area contributed by atoms with Crippen molar-refractivity contribution in [2.75, 3.05) is 23.3 Å². The number of carboxylic acids is 1. The van der Waals surface area contributed by atoms with E-state index in [1.807, 2.05) is 36.4 Å². The van der Waals surface area contributed by atoms with Gasteiger partial charge in [-0.3, -0.25) is 4.79 Å². The summed E-state index contributed by atoms with van der Waals surface area (Å²) in [5.41, 5.74) is 4.32. The average molecular weight is 471 g/mol. The highest BCUT2D eigenvalue weighted by Crippen LogP contribution is 2.23. The summed E-state index contributed by atoms with van der Waals surface area (Å²) in [6, 6.07) is 19.6. The second kappa shape index (κ2) is 11.4. The van der Waals surface area contributed by atoms with Crippen LogP contribution >= 0.6 is 0 Å². The Morgan fingerprint density at radius 3 is 2.71 bits per heavy atom. The topological polar surface area (TPSA) is 114 Å². The van der Waals surface area contributed by atoms with Gasteiger partial charge in [-0.15, -0.1) is 0 Å². The molecule has 0 unspecified atom stereocenters. The van der Waals surface area contributed by atoms with Crippen LogP contribution in [0.4, 0.5) is 17.5 Å². The van der Waals surface area contributed by atoms with Gasteiger partial charge in [-0.25, -0.2) is 4.98 Å². The van der Waals surface area contributed by atoms with Crippen LogP contribution in [0.5, 0.6) is 0 Å². The molecule has 0 radical (unpaired) electrons. The van der Waals surface area contributed by atoms with Gasteiger partial charge in [0.05, 0.1) is 18.1 Å². The lowest BCUT2D eigenvalue weighted by Crippen LogP contribution is -2.32. The van der Waals surface area contributed by atoms with E-state index < -0.39 is 5.97 Å². The fourth-order valence-corrected chi connectivity index (χ4v) is 4.23. The number of nitrogens with zero attached hydrogens (tertiary/aromatic N) is 4. The van der Waals surface area contributed by atoms with Gasteiger partial charge in [-0.05, 0) is 42.2 Å². The van der Waals surface area contributed by atoms with Crippen molar-refractivity contribution in [3.63, 3.8) is 0 Å². The highest BCUT2D eigenvalue weighted by Gasteiger charge is 2.24. The lowest BCUT2D eigenvalue weighted by molar-refractivity contribution is -0.136. The van der Waals surface area contributed by atoms with Crippen LogP contribution in [0.1, 0.15) is 42.1 Å². The van der Waals surface area contributed by atoms with Crippen LogP contribution in [-0.4, -0.2) is 40.2 Å². The smallest absolute Gasteiger partial charge is 0.307 e. The van der Waals surface area contributed by atoms with Gasteiger partial charge < -0.3 is 20.6 Å². The number of hydrogen-bond donors (Lipinski definition) is 3. The molecule has 0 bridgehead atoms. The molecule has 0 spiro atoms. The van der Waals surface area contributed by atoms with Crippen LogP contribution in [-0.2, 0) is 24.2 Å². The normalized spacial score (nSPS) is 15.1. The summed E-state index contributed by atoms with van der Waals surface area (Å²) in [4.78, 5) is 22.6. The van der Waals surface area contributed by atoms with Gasteiger partial charge in [-0.1, -0.05) is 43.7 Å². The van der Waals surface area contributed by atoms with E-state index in [9.17, 15) is 10.1 Å². The van der Waals surface area contributed by atoms with E-state index in [-0.39, 0.29) is 6.42 Å². The number of carboxylic acid groups (broad SMARTS) is 1. The number of aliphatic carboxylic acids is 1. The molecule has 3 N–H and O–H groups in total. The number of carbonyl (C=O) groups is 1. The highest BCUT2D eigenvalue weighted by molar-refractivity contribution is 5.70. The molecule has 8 heteroatoms. The zero-order valence-electron chi connectivity index (χ0n) is 19.9. The fourth-order valence-electron chi connectivity index (χ4n) is 4.23. The molecule has 35 heavy (non-hydrogen) atoms. The number of aromatic nitrogens is 2. The molecule has 1 aliphatic heterocycles. The minimum Gasteiger partial charge on any atom is -0.481 e. The van der Waals surface area contributed by atoms with E-state index in [4.69, 9.17) is 10.1 Å². The molecule has 180 valence electrons. The van der Waals surface area contributed by atoms with E-state index >= 15 is 0 Å². The molecule has 1 atom stereocenters. The van der Waals surface area contributed by atoms with Crippen molar-refractivity contribution >= 4 is 23.4 Å². The first-order valence-corrected chi connectivity index (χ1v) is 12.0. The van der Waals surface area contributed by atoms with E-state index in [2.05, 4.69) is 39.6 Å². The first-order valence-electron chi connectivity index (χ1n) is 12.0. The maximum Gasteiger partial charge on any atom is 0.307 e. The van der Waals surface area contributed by atoms with Crippen LogP contribution in [0.2, 0.25) is 0 Å². The molecule has 2 heterocycles. The van der Waals surface area contributed by atoms with Gasteiger partial charge in [0, 0.05) is 43.1 Å². The largest absolute Gasteiger partial charge is 0.481 e. The van der Waals surface area contributed by atoms with Gasteiger partial charge in [-0.2, -0.15) is 10.2 Å². The predicted octanol–water partition coefficient (Wildman–Crippen LogP) is 4.04. The van der Waals surface area contributed by atoms with Crippen LogP contribution in [0, 0.1) is 11.3 Å². The van der Waals surface area contributed by atoms with Crippen molar-refractivity contribution in [3.8, 4) is 6.07 Å². The van der Waals surface area contributed by atoms with E-state index in [1.165, 1.54) is 0 Å². The fraction of sp³-hybridized carbons (Fsp3) is 0.333. The Hall–Kier alpha value is -3.96. The lowest BCUT2D eigenvalue weighted by Gasteiger charge is -2.20. The quantitative estimate of drug-likeness (QED) is 0.407. The Balaban J connectivity index is 1.40. The van der Waals surface area contributed by atoms with E-state index in [0.717, 1.165) is 67.2 Å². The minimum atomic E-state index is -0.817. The highest BCUT2D eigenvalue weighted by atomic mass is 16.4. The minimum absolute atomic E-state index is 0.0465. The number of benzene rings is 2. The molecule has 8 nitrogen and oxygen atoms in total. The third kappa shape index (κ3) is 6.78. The van der Waals surface area contributed by atoms with Crippen LogP contribution in [0.3, 0.4) is 0 Å². The Morgan fingerprint density at radius 1 is 1.17 bits per heavy atom. The standard InChI is InChI=1S/C27H30N6O2/c1-2-4-22-15-25(32-27(30-22)31-23-6-3-5-21(13-23)16-28)33-12-11-24(18-33)29-17-20-9-7-19(8-10-20)14-26(34)35/h3,5-10,13,15,24,29H,2,4,11-12,14,17-18H2,1H3,(H,34,35)(H,30,31,32)/t24-/m0/s1. The van der Waals surface area contributed by atoms with Crippen molar-refractivity contribution < 1.29 is 9.90 Å². The van der Waals surface area contributed by atoms with Crippen molar-refractivity contribution in [1.29, 1.82) is 5.26 Å². The molecule has 3 aromatic rings. The van der Waals surface area contributed by atoms with E-state index in [0.29, 0.717) is 17.6 Å². The number of anilines is 3. The summed E-state index contributed by atoms with van der Waals surface area (Å²) in [7, 11) is 0. The Bertz CT molecular complexity index is 1210. The zero-order chi connectivity index (χ0) is 24.6. The SMILES string of the molecule is CCCc1cc(N2CC[C@H](NCc3ccc(CC(=O)O)cc3)C2)nc(Nc2cccc(C#N)c2)n1. The van der Waals surface area contributed by atoms with Gasteiger partial charge in [0.25, 0.3) is 0 Å². The Kier molecular flexibility index (Phi) is 7.91. The van der Waals surface area contributed by atoms with Crippen LogP contribution in [0.25, 0.3) is 0 Å². The Morgan fingerprint density at radius 2 is 1.97 bits per heavy atom. The maximum atomic E-state index is 10.9. The Labute approximate surface area is 205 Å². The second-order valence-electron chi connectivity index (χ2n) is 8.81. The first kappa shape index (κ1) is 24.2. The van der Waals surface area contributed by atoms with Gasteiger partial charge in [0.2, 0.25) is 5.95 Å². The predicted molar refractivity (Wildman–Crippen MR) is 136 cm³/mol. The van der Waals surface area contributed by atoms with E-state index in [1.54, 1.807) is 12.1 Å². The molecule has 1 aliphatic rings. The zero-order valence-corrected chi connectivity index (χ0v) is 19.9. The summed E-state index contributed by atoms with van der Waals surface area (Å²) in [5, 5.41) is 25.0. The molecular formula is C27H30N6O2. The molecule has 1 fully saturated rings. The first-order chi connectivity index (χ1) is 17.0. The van der Waals surface area contributed by atoms with Crippen molar-refractivity contribution in [3.05, 3.63) is 77.0 Å². The number of hydrogen-bond acceptors (Lipinski definition) is 7. The second-order valence-corrected chi connectivity index (χ2v) is 8.81. The van der Waals surface area contributed by atoms with Gasteiger partial charge in [0.15, 0.2) is 0 Å². The molecule has 2 aromatic carbocycles. The van der Waals surface area contributed by atoms with Gasteiger partial charge in [0.1, 0.15) is 5.82 Å². The summed E-state index contributed by atoms with van der Waals surface area (Å²) >= 11 is 0.